The van der Waals surface area contributed by atoms with Crippen molar-refractivity contribution in [1.29, 1.82) is 0 Å². The summed E-state index contributed by atoms with van der Waals surface area (Å²) in [5.74, 6) is -4.56. The third kappa shape index (κ3) is 3.85. The number of nitrogens with zero attached hydrogens (tertiary/aromatic N) is 2. The maximum atomic E-state index is 13.6. The van der Waals surface area contributed by atoms with Crippen molar-refractivity contribution in [2.24, 2.45) is 0 Å². The maximum Gasteiger partial charge on any atom is 0.468 e. The molecular weight excluding hydrogens is 385 g/mol. The molecule has 3 aromatic rings. The second kappa shape index (κ2) is 7.37. The van der Waals surface area contributed by atoms with Gasteiger partial charge in [-0.05, 0) is 12.1 Å². The van der Waals surface area contributed by atoms with Crippen molar-refractivity contribution < 1.29 is 31.2 Å². The molecule has 0 spiro atoms. The first-order valence-electron chi connectivity index (χ1n) is 7.98. The van der Waals surface area contributed by atoms with Gasteiger partial charge in [-0.3, -0.25) is 9.78 Å². The number of oxazole rings is 1. The molecular formula is C18H12F5N3O2. The molecule has 10 heteroatoms. The molecule has 0 saturated carbocycles. The number of carbonyl (C=O) groups excluding carboxylic acids is 1. The number of hydrogen-bond acceptors (Lipinski definition) is 4. The second-order valence-corrected chi connectivity index (χ2v) is 5.65. The minimum atomic E-state index is -4.71. The molecule has 2 heterocycles. The van der Waals surface area contributed by atoms with E-state index in [1.54, 1.807) is 6.92 Å². The summed E-state index contributed by atoms with van der Waals surface area (Å²) in [5, 5.41) is 2.31. The molecule has 0 radical (unpaired) electrons. The number of anilines is 1. The lowest BCUT2D eigenvalue weighted by Crippen LogP contribution is -2.16. The number of pyridine rings is 1. The van der Waals surface area contributed by atoms with Gasteiger partial charge in [-0.25, -0.2) is 13.8 Å². The topological polar surface area (TPSA) is 68.0 Å². The predicted molar refractivity (Wildman–Crippen MR) is 88.4 cm³/mol. The molecule has 5 nitrogen and oxygen atoms in total. The smallest absolute Gasteiger partial charge is 0.437 e. The number of alkyl halides is 3. The van der Waals surface area contributed by atoms with Gasteiger partial charge in [0, 0.05) is 17.7 Å². The molecule has 146 valence electrons. The van der Waals surface area contributed by atoms with Crippen LogP contribution in [0.3, 0.4) is 0 Å². The first-order valence-corrected chi connectivity index (χ1v) is 7.98. The monoisotopic (exact) mass is 397 g/mol. The Morgan fingerprint density at radius 1 is 1.11 bits per heavy atom. The van der Waals surface area contributed by atoms with Gasteiger partial charge in [0.2, 0.25) is 0 Å². The first kappa shape index (κ1) is 19.5. The predicted octanol–water partition coefficient (Wildman–Crippen LogP) is 4.85. The lowest BCUT2D eigenvalue weighted by molar-refractivity contribution is -0.157. The second-order valence-electron chi connectivity index (χ2n) is 5.65. The van der Waals surface area contributed by atoms with Crippen molar-refractivity contribution in [1.82, 2.24) is 9.97 Å². The maximum absolute atomic E-state index is 13.6. The van der Waals surface area contributed by atoms with Crippen LogP contribution in [-0.4, -0.2) is 15.9 Å². The number of carbonyl (C=O) groups is 1. The van der Waals surface area contributed by atoms with E-state index in [4.69, 9.17) is 4.42 Å². The van der Waals surface area contributed by atoms with Gasteiger partial charge in [-0.1, -0.05) is 19.1 Å². The van der Waals surface area contributed by atoms with Crippen molar-refractivity contribution in [2.75, 3.05) is 5.32 Å². The van der Waals surface area contributed by atoms with Crippen LogP contribution in [0, 0.1) is 11.6 Å². The van der Waals surface area contributed by atoms with Crippen LogP contribution in [0.25, 0.3) is 11.3 Å². The normalized spacial score (nSPS) is 11.5. The fourth-order valence-electron chi connectivity index (χ4n) is 2.47. The third-order valence-corrected chi connectivity index (χ3v) is 3.76. The lowest BCUT2D eigenvalue weighted by Gasteiger charge is -2.07. The van der Waals surface area contributed by atoms with E-state index in [1.807, 2.05) is 0 Å². The van der Waals surface area contributed by atoms with E-state index >= 15 is 0 Å². The average Bonchev–Trinajstić information content (AvgIpc) is 3.07. The Hall–Kier alpha value is -3.30. The Morgan fingerprint density at radius 2 is 1.71 bits per heavy atom. The van der Waals surface area contributed by atoms with E-state index in [0.717, 1.165) is 0 Å². The van der Waals surface area contributed by atoms with Gasteiger partial charge >= 0.3 is 12.1 Å². The van der Waals surface area contributed by atoms with Crippen LogP contribution in [0.15, 0.2) is 41.1 Å². The summed E-state index contributed by atoms with van der Waals surface area (Å²) in [6, 6.07) is 5.55. The summed E-state index contributed by atoms with van der Waals surface area (Å²) < 4.78 is 70.4. The van der Waals surface area contributed by atoms with Crippen molar-refractivity contribution >= 4 is 11.6 Å². The Labute approximate surface area is 155 Å². The summed E-state index contributed by atoms with van der Waals surface area (Å²) >= 11 is 0. The van der Waals surface area contributed by atoms with Gasteiger partial charge in [0.05, 0.1) is 12.4 Å². The zero-order valence-corrected chi connectivity index (χ0v) is 14.3. The van der Waals surface area contributed by atoms with Gasteiger partial charge in [0.25, 0.3) is 5.91 Å². The number of hydrogen-bond donors (Lipinski definition) is 1. The van der Waals surface area contributed by atoms with E-state index in [-0.39, 0.29) is 23.6 Å². The Morgan fingerprint density at radius 3 is 2.25 bits per heavy atom. The van der Waals surface area contributed by atoms with Crippen molar-refractivity contribution in [3.05, 3.63) is 65.5 Å². The van der Waals surface area contributed by atoms with Gasteiger partial charge in [0.1, 0.15) is 17.0 Å². The minimum Gasteiger partial charge on any atom is -0.437 e. The van der Waals surface area contributed by atoms with Gasteiger partial charge in [0.15, 0.2) is 11.6 Å². The summed E-state index contributed by atoms with van der Waals surface area (Å²) in [6.07, 6.45) is -3.11. The fraction of sp³-hybridized carbons (Fsp3) is 0.167. The number of benzene rings is 1. The van der Waals surface area contributed by atoms with Crippen molar-refractivity contribution in [3.8, 4) is 11.3 Å². The molecule has 0 fully saturated rings. The molecule has 0 aliphatic rings. The fourth-order valence-corrected chi connectivity index (χ4v) is 2.47. The van der Waals surface area contributed by atoms with Crippen LogP contribution in [0.5, 0.6) is 0 Å². The molecule has 2 aromatic heterocycles. The highest BCUT2D eigenvalue weighted by Crippen LogP contribution is 2.34. The first-order chi connectivity index (χ1) is 13.2. The number of aromatic nitrogens is 2. The van der Waals surface area contributed by atoms with Crippen LogP contribution in [-0.2, 0) is 12.6 Å². The Kier molecular flexibility index (Phi) is 5.12. The molecule has 28 heavy (non-hydrogen) atoms. The van der Waals surface area contributed by atoms with Crippen LogP contribution >= 0.6 is 0 Å². The van der Waals surface area contributed by atoms with E-state index in [0.29, 0.717) is 18.0 Å². The summed E-state index contributed by atoms with van der Waals surface area (Å²) in [5.41, 5.74) is -0.255. The summed E-state index contributed by atoms with van der Waals surface area (Å²) in [6.45, 7) is 1.62. The molecule has 1 aromatic carbocycles. The van der Waals surface area contributed by atoms with Crippen LogP contribution in [0.1, 0.15) is 28.9 Å². The number of halogens is 5. The van der Waals surface area contributed by atoms with Gasteiger partial charge in [-0.2, -0.15) is 13.2 Å². The summed E-state index contributed by atoms with van der Waals surface area (Å²) in [4.78, 5) is 18.8. The average molecular weight is 397 g/mol. The van der Waals surface area contributed by atoms with E-state index < -0.39 is 35.2 Å². The standard InChI is InChI=1S/C18H12F5N3O2/c1-2-13-15(26-17(28-13)18(21,22)23)9-3-5-10(6-4-9)25-16(27)14-11(19)7-24-8-12(14)20/h3-8H,2H2,1H3,(H,25,27). The lowest BCUT2D eigenvalue weighted by atomic mass is 10.1. The van der Waals surface area contributed by atoms with Gasteiger partial charge < -0.3 is 9.73 Å². The molecule has 1 amide bonds. The van der Waals surface area contributed by atoms with Crippen LogP contribution < -0.4 is 5.32 Å². The SMILES string of the molecule is CCc1oc(C(F)(F)F)nc1-c1ccc(NC(=O)c2c(F)cncc2F)cc1. The largest absolute Gasteiger partial charge is 0.468 e. The van der Waals surface area contributed by atoms with Crippen LogP contribution in [0.4, 0.5) is 27.6 Å². The zero-order valence-electron chi connectivity index (χ0n) is 14.3. The Bertz CT molecular complexity index is 993. The number of amides is 1. The molecule has 0 unspecified atom stereocenters. The molecule has 3 rings (SSSR count). The molecule has 0 saturated heterocycles. The van der Waals surface area contributed by atoms with Crippen molar-refractivity contribution in [3.63, 3.8) is 0 Å². The van der Waals surface area contributed by atoms with E-state index in [2.05, 4.69) is 15.3 Å². The molecule has 0 atom stereocenters. The van der Waals surface area contributed by atoms with Gasteiger partial charge in [-0.15, -0.1) is 0 Å². The third-order valence-electron chi connectivity index (χ3n) is 3.76. The highest BCUT2D eigenvalue weighted by Gasteiger charge is 2.38. The summed E-state index contributed by atoms with van der Waals surface area (Å²) in [7, 11) is 0. The molecule has 0 bridgehead atoms. The number of aryl methyl sites for hydroxylation is 1. The van der Waals surface area contributed by atoms with Crippen molar-refractivity contribution in [2.45, 2.75) is 19.5 Å². The number of nitrogens with one attached hydrogen (secondary N) is 1. The Balaban J connectivity index is 1.85. The number of rotatable bonds is 4. The molecule has 1 N–H and O–H groups in total. The van der Waals surface area contributed by atoms with Crippen LogP contribution in [0.2, 0.25) is 0 Å². The van der Waals surface area contributed by atoms with E-state index in [1.165, 1.54) is 24.3 Å². The highest BCUT2D eigenvalue weighted by atomic mass is 19.4. The molecule has 0 aliphatic heterocycles. The quantitative estimate of drug-likeness (QED) is 0.639. The minimum absolute atomic E-state index is 0.0268. The molecule has 0 aliphatic carbocycles. The highest BCUT2D eigenvalue weighted by molar-refractivity contribution is 6.04. The van der Waals surface area contributed by atoms with E-state index in [9.17, 15) is 26.7 Å². The zero-order chi connectivity index (χ0) is 20.5.